The average Bonchev–Trinajstić information content (AvgIpc) is 3.48. The summed E-state index contributed by atoms with van der Waals surface area (Å²) in [6, 6.07) is 6.28. The normalized spacial score (nSPS) is 21.1. The van der Waals surface area contributed by atoms with Gasteiger partial charge < -0.3 is 9.88 Å². The van der Waals surface area contributed by atoms with Crippen LogP contribution in [0.3, 0.4) is 0 Å². The molecule has 202 valence electrons. The number of alkyl halides is 3. The minimum absolute atomic E-state index is 0.278. The number of nitrogens with one attached hydrogen (secondary N) is 1. The topological polar surface area (TPSA) is 43.8 Å². The summed E-state index contributed by atoms with van der Waals surface area (Å²) >= 11 is 0. The van der Waals surface area contributed by atoms with E-state index >= 15 is 0 Å². The predicted octanol–water partition coefficient (Wildman–Crippen LogP) is 8.30. The highest BCUT2D eigenvalue weighted by Crippen LogP contribution is 2.39. The van der Waals surface area contributed by atoms with Crippen LogP contribution in [-0.4, -0.2) is 46.7 Å². The van der Waals surface area contributed by atoms with E-state index in [1.807, 2.05) is 13.0 Å². The minimum Gasteiger partial charge on any atom is -0.375 e. The van der Waals surface area contributed by atoms with Gasteiger partial charge in [0.2, 0.25) is 5.84 Å². The summed E-state index contributed by atoms with van der Waals surface area (Å²) in [6.07, 6.45) is 3.98. The largest absolute Gasteiger partial charge is 0.451 e. The molecule has 7 heteroatoms. The molecule has 1 unspecified atom stereocenters. The first-order chi connectivity index (χ1) is 18.1. The molecule has 1 aromatic heterocycles. The molecule has 2 aromatic rings. The van der Waals surface area contributed by atoms with Crippen LogP contribution < -0.4 is 0 Å². The maximum Gasteiger partial charge on any atom is 0.451 e. The Morgan fingerprint density at radius 3 is 2.58 bits per heavy atom. The quantitative estimate of drug-likeness (QED) is 0.422. The summed E-state index contributed by atoms with van der Waals surface area (Å²) in [5.74, 6) is -0.207. The van der Waals surface area contributed by atoms with Crippen LogP contribution in [0.5, 0.6) is 0 Å². The summed E-state index contributed by atoms with van der Waals surface area (Å²) in [7, 11) is 0. The number of rotatable bonds is 5. The molecule has 1 atom stereocenters. The molecule has 1 aromatic carbocycles. The van der Waals surface area contributed by atoms with E-state index in [9.17, 15) is 13.2 Å². The summed E-state index contributed by atoms with van der Waals surface area (Å²) in [4.78, 5) is 13.9. The van der Waals surface area contributed by atoms with Gasteiger partial charge in [0.15, 0.2) is 0 Å². The maximum atomic E-state index is 13.3. The Morgan fingerprint density at radius 1 is 1.18 bits per heavy atom. The Morgan fingerprint density at radius 2 is 1.92 bits per heavy atom. The molecule has 0 radical (unpaired) electrons. The van der Waals surface area contributed by atoms with Gasteiger partial charge in [-0.2, -0.15) is 13.2 Å². The predicted molar refractivity (Wildman–Crippen MR) is 151 cm³/mol. The number of H-pyrrole nitrogens is 1. The van der Waals surface area contributed by atoms with Crippen LogP contribution in [0.2, 0.25) is 0 Å². The Bertz CT molecular complexity index is 1360. The molecule has 38 heavy (non-hydrogen) atoms. The maximum absolute atomic E-state index is 13.3. The van der Waals surface area contributed by atoms with E-state index in [0.717, 1.165) is 54.7 Å². The highest BCUT2D eigenvalue weighted by molar-refractivity contribution is 6.16. The van der Waals surface area contributed by atoms with Gasteiger partial charge in [0.1, 0.15) is 0 Å². The standard InChI is InChI=1S/C31H37F3N4/c1-6-20(5)38-14-12-21(13-15-38)22-10-11-25-24(17-22)27(18(2)3)29(35-25)23-8-7-9-26-28(19(4)16-23)37-30(36-26)31(32,33)34/h8,10-11,16-18,21,26,35H,5-7,9,12-15H2,1-4H3. The molecular weight excluding hydrogens is 485 g/mol. The number of hydrogen-bond acceptors (Lipinski definition) is 3. The van der Waals surface area contributed by atoms with Crippen molar-refractivity contribution in [2.24, 2.45) is 9.98 Å². The third-order valence-corrected chi connectivity index (χ3v) is 8.20. The summed E-state index contributed by atoms with van der Waals surface area (Å²) in [5, 5.41) is 1.24. The third-order valence-electron chi connectivity index (χ3n) is 8.20. The van der Waals surface area contributed by atoms with E-state index in [0.29, 0.717) is 24.5 Å². The Labute approximate surface area is 223 Å². The van der Waals surface area contributed by atoms with Gasteiger partial charge in [-0.1, -0.05) is 39.5 Å². The van der Waals surface area contributed by atoms with Crippen LogP contribution in [0.1, 0.15) is 88.5 Å². The number of nitrogens with zero attached hydrogens (tertiary/aromatic N) is 3. The number of halogens is 3. The van der Waals surface area contributed by atoms with Gasteiger partial charge in [0, 0.05) is 35.4 Å². The highest BCUT2D eigenvalue weighted by atomic mass is 19.4. The molecule has 3 heterocycles. The number of aromatic amines is 1. The lowest BCUT2D eigenvalue weighted by Gasteiger charge is -2.34. The van der Waals surface area contributed by atoms with Crippen molar-refractivity contribution >= 4 is 28.0 Å². The lowest BCUT2D eigenvalue weighted by molar-refractivity contribution is -0.0596. The molecule has 0 saturated carbocycles. The first-order valence-electron chi connectivity index (χ1n) is 13.8. The SMILES string of the molecule is C=C(CC)N1CCC(c2ccc3[nH]c(C4=CCCC5N=C(C(F)(F)F)N=C5C(C)=C4)c(C(C)C)c3c2)CC1. The van der Waals surface area contributed by atoms with Crippen molar-refractivity contribution in [3.63, 3.8) is 0 Å². The Hall–Kier alpha value is -3.09. The number of likely N-dealkylation sites (tertiary alicyclic amines) is 1. The van der Waals surface area contributed by atoms with Gasteiger partial charge in [-0.05, 0) is 91.3 Å². The fraction of sp³-hybridized carbons (Fsp3) is 0.484. The summed E-state index contributed by atoms with van der Waals surface area (Å²) in [5.41, 5.74) is 8.19. The first-order valence-corrected chi connectivity index (χ1v) is 13.8. The van der Waals surface area contributed by atoms with Gasteiger partial charge in [-0.15, -0.1) is 0 Å². The molecule has 1 N–H and O–H groups in total. The van der Waals surface area contributed by atoms with Crippen molar-refractivity contribution in [1.29, 1.82) is 0 Å². The number of benzene rings is 1. The van der Waals surface area contributed by atoms with Crippen molar-refractivity contribution in [1.82, 2.24) is 9.88 Å². The average molecular weight is 523 g/mol. The van der Waals surface area contributed by atoms with Gasteiger partial charge in [-0.25, -0.2) is 4.99 Å². The number of hydrogen-bond donors (Lipinski definition) is 1. The molecule has 0 amide bonds. The molecule has 1 aliphatic carbocycles. The second-order valence-corrected chi connectivity index (χ2v) is 11.1. The highest BCUT2D eigenvalue weighted by Gasteiger charge is 2.41. The van der Waals surface area contributed by atoms with Crippen LogP contribution in [-0.2, 0) is 0 Å². The van der Waals surface area contributed by atoms with Crippen LogP contribution in [0.15, 0.2) is 58.2 Å². The second kappa shape index (κ2) is 10.2. The van der Waals surface area contributed by atoms with Gasteiger partial charge >= 0.3 is 6.18 Å². The van der Waals surface area contributed by atoms with Crippen LogP contribution in [0.25, 0.3) is 16.5 Å². The van der Waals surface area contributed by atoms with E-state index in [4.69, 9.17) is 0 Å². The molecule has 1 fully saturated rings. The van der Waals surface area contributed by atoms with Crippen LogP contribution >= 0.6 is 0 Å². The number of piperidine rings is 1. The van der Waals surface area contributed by atoms with E-state index < -0.39 is 18.1 Å². The van der Waals surface area contributed by atoms with Gasteiger partial charge in [0.25, 0.3) is 0 Å². The van der Waals surface area contributed by atoms with Gasteiger partial charge in [0.05, 0.1) is 11.8 Å². The van der Waals surface area contributed by atoms with Crippen LogP contribution in [0, 0.1) is 0 Å². The van der Waals surface area contributed by atoms with Crippen molar-refractivity contribution in [3.05, 3.63) is 65.0 Å². The molecule has 3 aliphatic rings. The smallest absolute Gasteiger partial charge is 0.375 e. The zero-order valence-corrected chi connectivity index (χ0v) is 22.8. The zero-order chi connectivity index (χ0) is 27.2. The second-order valence-electron chi connectivity index (χ2n) is 11.1. The van der Waals surface area contributed by atoms with Crippen molar-refractivity contribution in [3.8, 4) is 0 Å². The molecule has 5 rings (SSSR count). The van der Waals surface area contributed by atoms with Crippen molar-refractivity contribution in [2.75, 3.05) is 13.1 Å². The molecule has 1 saturated heterocycles. The monoisotopic (exact) mass is 522 g/mol. The van der Waals surface area contributed by atoms with E-state index in [2.05, 4.69) is 71.5 Å². The number of amidine groups is 1. The van der Waals surface area contributed by atoms with E-state index in [1.165, 1.54) is 22.2 Å². The Balaban J connectivity index is 1.48. The lowest BCUT2D eigenvalue weighted by atomic mass is 9.87. The number of aliphatic imine (C=N–C) groups is 2. The summed E-state index contributed by atoms with van der Waals surface area (Å²) in [6.45, 7) is 14.7. The number of aromatic nitrogens is 1. The van der Waals surface area contributed by atoms with Gasteiger partial charge in [-0.3, -0.25) is 4.99 Å². The molecule has 2 aliphatic heterocycles. The fourth-order valence-electron chi connectivity index (χ4n) is 6.12. The molecular formula is C31H37F3N4. The van der Waals surface area contributed by atoms with Crippen LogP contribution in [0.4, 0.5) is 13.2 Å². The van der Waals surface area contributed by atoms with E-state index in [1.54, 1.807) is 0 Å². The minimum atomic E-state index is -4.52. The Kier molecular flexibility index (Phi) is 7.14. The van der Waals surface area contributed by atoms with Crippen molar-refractivity contribution < 1.29 is 13.2 Å². The molecule has 4 nitrogen and oxygen atoms in total. The fourth-order valence-corrected chi connectivity index (χ4v) is 6.12. The molecule has 0 spiro atoms. The molecule has 0 bridgehead atoms. The van der Waals surface area contributed by atoms with Crippen molar-refractivity contribution in [2.45, 2.75) is 83.9 Å². The third kappa shape index (κ3) is 4.99. The zero-order valence-electron chi connectivity index (χ0n) is 22.8. The van der Waals surface area contributed by atoms with E-state index in [-0.39, 0.29) is 5.92 Å². The first kappa shape index (κ1) is 26.5. The summed E-state index contributed by atoms with van der Waals surface area (Å²) < 4.78 is 39.9. The lowest BCUT2D eigenvalue weighted by Crippen LogP contribution is -2.31. The number of fused-ring (bicyclic) bond motifs is 2. The number of allylic oxidation sites excluding steroid dienone is 4.